The Hall–Kier alpha value is -3.94. The van der Waals surface area contributed by atoms with Crippen molar-refractivity contribution >= 4 is 33.1 Å². The second-order valence-electron chi connectivity index (χ2n) is 9.18. The van der Waals surface area contributed by atoms with Crippen LogP contribution in [0.25, 0.3) is 44.2 Å². The molecule has 8 heteroatoms. The fourth-order valence-corrected chi connectivity index (χ4v) is 5.33. The fraction of sp³-hybridized carbons (Fsp3) is 0.308. The lowest BCUT2D eigenvalue weighted by atomic mass is 9.96. The lowest BCUT2D eigenvalue weighted by Crippen LogP contribution is -2.15. The van der Waals surface area contributed by atoms with Crippen LogP contribution >= 0.6 is 0 Å². The van der Waals surface area contributed by atoms with E-state index in [-0.39, 0.29) is 22.9 Å². The minimum absolute atomic E-state index is 0.0837. The van der Waals surface area contributed by atoms with Crippen molar-refractivity contribution < 1.29 is 14.6 Å². The van der Waals surface area contributed by atoms with E-state index in [2.05, 4.69) is 10.1 Å². The molecule has 0 atom stereocenters. The van der Waals surface area contributed by atoms with E-state index in [9.17, 15) is 19.8 Å². The van der Waals surface area contributed by atoms with E-state index >= 15 is 0 Å². The standard InChI is InChI=1S/C26H25N3O5/c30-16-10-8-14(9-11-16)19-20-25(29(28-26(20)33)15-6-4-2-1-3-5-7-15)27-21-17-12-13-18(31)22(32)23(17)34-24(19)21/h8-13,15,27,30,32H,1-7H2,(H,28,33). The van der Waals surface area contributed by atoms with Gasteiger partial charge in [0.25, 0.3) is 5.56 Å². The summed E-state index contributed by atoms with van der Waals surface area (Å²) in [5.41, 5.74) is 2.17. The number of rotatable bonds is 2. The first-order valence-corrected chi connectivity index (χ1v) is 11.8. The summed E-state index contributed by atoms with van der Waals surface area (Å²) in [7, 11) is 0. The van der Waals surface area contributed by atoms with Crippen LogP contribution < -0.4 is 11.0 Å². The topological polar surface area (TPSA) is 124 Å². The summed E-state index contributed by atoms with van der Waals surface area (Å²) in [6.07, 6.45) is 7.80. The van der Waals surface area contributed by atoms with Crippen molar-refractivity contribution in [1.82, 2.24) is 14.8 Å². The number of benzene rings is 2. The summed E-state index contributed by atoms with van der Waals surface area (Å²) in [6.45, 7) is 0. The normalized spacial score (nSPS) is 15.8. The molecule has 1 aliphatic rings. The highest BCUT2D eigenvalue weighted by molar-refractivity contribution is 6.15. The third kappa shape index (κ3) is 3.13. The first-order valence-electron chi connectivity index (χ1n) is 11.8. The van der Waals surface area contributed by atoms with E-state index < -0.39 is 11.2 Å². The Balaban J connectivity index is 1.73. The van der Waals surface area contributed by atoms with E-state index in [1.54, 1.807) is 30.3 Å². The van der Waals surface area contributed by atoms with E-state index in [0.29, 0.717) is 38.6 Å². The van der Waals surface area contributed by atoms with E-state index in [0.717, 1.165) is 25.7 Å². The first kappa shape index (κ1) is 20.7. The maximum absolute atomic E-state index is 13.4. The molecule has 0 aliphatic heterocycles. The molecule has 8 nitrogen and oxygen atoms in total. The molecule has 3 heterocycles. The van der Waals surface area contributed by atoms with Gasteiger partial charge in [-0.15, -0.1) is 0 Å². The Kier molecular flexibility index (Phi) is 4.76. The van der Waals surface area contributed by atoms with Gasteiger partial charge in [0.05, 0.1) is 16.9 Å². The summed E-state index contributed by atoms with van der Waals surface area (Å²) in [5.74, 6) is -0.349. The lowest BCUT2D eigenvalue weighted by molar-refractivity contribution is 0.353. The van der Waals surface area contributed by atoms with Crippen molar-refractivity contribution in [3.63, 3.8) is 0 Å². The number of nitrogens with zero attached hydrogens (tertiary/aromatic N) is 1. The van der Waals surface area contributed by atoms with Crippen LogP contribution in [0, 0.1) is 0 Å². The van der Waals surface area contributed by atoms with Crippen LogP contribution in [0.3, 0.4) is 0 Å². The van der Waals surface area contributed by atoms with Crippen LogP contribution in [0.2, 0.25) is 0 Å². The smallest absolute Gasteiger partial charge is 0.274 e. The average molecular weight is 460 g/mol. The number of pyridine rings is 1. The van der Waals surface area contributed by atoms with Gasteiger partial charge in [-0.05, 0) is 42.7 Å². The van der Waals surface area contributed by atoms with Crippen molar-refractivity contribution in [2.45, 2.75) is 51.0 Å². The molecule has 4 N–H and O–H groups in total. The molecule has 1 saturated carbocycles. The molecule has 0 amide bonds. The number of hydrogen-bond acceptors (Lipinski definition) is 5. The minimum atomic E-state index is -0.529. The predicted octanol–water partition coefficient (Wildman–Crippen LogP) is 5.28. The predicted molar refractivity (Wildman–Crippen MR) is 131 cm³/mol. The van der Waals surface area contributed by atoms with Crippen LogP contribution in [0.5, 0.6) is 11.5 Å². The molecular weight excluding hydrogens is 434 g/mol. The maximum atomic E-state index is 13.4. The Bertz CT molecular complexity index is 1640. The second kappa shape index (κ2) is 7.83. The summed E-state index contributed by atoms with van der Waals surface area (Å²) in [4.78, 5) is 28.8. The minimum Gasteiger partial charge on any atom is -0.508 e. The molecule has 0 spiro atoms. The Morgan fingerprint density at radius 3 is 2.32 bits per heavy atom. The molecule has 6 rings (SSSR count). The van der Waals surface area contributed by atoms with Gasteiger partial charge in [0.15, 0.2) is 11.2 Å². The Morgan fingerprint density at radius 2 is 1.59 bits per heavy atom. The van der Waals surface area contributed by atoms with Crippen LogP contribution in [0.1, 0.15) is 51.0 Å². The zero-order valence-electron chi connectivity index (χ0n) is 18.6. The summed E-state index contributed by atoms with van der Waals surface area (Å²) < 4.78 is 7.98. The van der Waals surface area contributed by atoms with Crippen LogP contribution in [-0.4, -0.2) is 25.0 Å². The lowest BCUT2D eigenvalue weighted by Gasteiger charge is -2.21. The number of aromatic amines is 2. The van der Waals surface area contributed by atoms with E-state index in [1.165, 1.54) is 25.3 Å². The first-order chi connectivity index (χ1) is 16.5. The molecule has 34 heavy (non-hydrogen) atoms. The van der Waals surface area contributed by atoms with Gasteiger partial charge in [0.2, 0.25) is 11.2 Å². The second-order valence-corrected chi connectivity index (χ2v) is 9.18. The number of aromatic hydroxyl groups is 2. The van der Waals surface area contributed by atoms with Gasteiger partial charge in [0.1, 0.15) is 11.4 Å². The highest BCUT2D eigenvalue weighted by Crippen LogP contribution is 2.41. The molecule has 3 aromatic heterocycles. The quantitative estimate of drug-likeness (QED) is 0.286. The number of nitrogens with one attached hydrogen (secondary N) is 2. The zero-order valence-corrected chi connectivity index (χ0v) is 18.6. The number of hydrogen-bond donors (Lipinski definition) is 4. The number of H-pyrrole nitrogens is 2. The Morgan fingerprint density at radius 1 is 0.882 bits per heavy atom. The average Bonchev–Trinajstić information content (AvgIpc) is 3.34. The molecule has 1 aliphatic carbocycles. The molecule has 174 valence electrons. The van der Waals surface area contributed by atoms with Crippen molar-refractivity contribution in [3.05, 3.63) is 57.0 Å². The highest BCUT2D eigenvalue weighted by atomic mass is 16.4. The number of phenolic OH excluding ortho intramolecular Hbond substituents is 2. The van der Waals surface area contributed by atoms with Gasteiger partial charge < -0.3 is 19.6 Å². The molecule has 0 radical (unpaired) electrons. The van der Waals surface area contributed by atoms with E-state index in [4.69, 9.17) is 4.42 Å². The molecule has 5 aromatic rings. The van der Waals surface area contributed by atoms with Gasteiger partial charge in [-0.1, -0.05) is 44.2 Å². The number of furan rings is 1. The molecule has 2 aromatic carbocycles. The molecular formula is C26H25N3O5. The van der Waals surface area contributed by atoms with E-state index in [1.807, 2.05) is 4.68 Å². The molecule has 0 unspecified atom stereocenters. The summed E-state index contributed by atoms with van der Waals surface area (Å²) >= 11 is 0. The zero-order chi connectivity index (χ0) is 23.4. The SMILES string of the molecule is O=c1ccc2c(oc3c(-c4ccc(O)cc4)c4c(=O)[nH]n(C5CCCCCCC5)c4[nH]c32)c1O. The maximum Gasteiger partial charge on any atom is 0.274 e. The van der Waals surface area contributed by atoms with Crippen LogP contribution in [0.4, 0.5) is 0 Å². The highest BCUT2D eigenvalue weighted by Gasteiger charge is 2.25. The van der Waals surface area contributed by atoms with Gasteiger partial charge in [-0.3, -0.25) is 19.4 Å². The monoisotopic (exact) mass is 459 g/mol. The largest absolute Gasteiger partial charge is 0.508 e. The third-order valence-electron chi connectivity index (χ3n) is 7.04. The third-order valence-corrected chi connectivity index (χ3v) is 7.04. The van der Waals surface area contributed by atoms with Crippen molar-refractivity contribution in [2.24, 2.45) is 0 Å². The van der Waals surface area contributed by atoms with Gasteiger partial charge in [0, 0.05) is 10.9 Å². The van der Waals surface area contributed by atoms with Crippen molar-refractivity contribution in [1.29, 1.82) is 0 Å². The molecule has 0 saturated heterocycles. The Labute approximate surface area is 193 Å². The summed E-state index contributed by atoms with van der Waals surface area (Å²) in [5, 5.41) is 24.3. The number of aromatic nitrogens is 3. The molecule has 0 bridgehead atoms. The van der Waals surface area contributed by atoms with Crippen LogP contribution in [0.15, 0.2) is 50.4 Å². The van der Waals surface area contributed by atoms with Gasteiger partial charge in [-0.2, -0.15) is 0 Å². The van der Waals surface area contributed by atoms with Crippen molar-refractivity contribution in [2.75, 3.05) is 0 Å². The van der Waals surface area contributed by atoms with Crippen LogP contribution in [-0.2, 0) is 0 Å². The molecule has 1 fully saturated rings. The number of phenols is 2. The fourth-order valence-electron chi connectivity index (χ4n) is 5.33. The number of fused-ring (bicyclic) bond motifs is 4. The van der Waals surface area contributed by atoms with Crippen molar-refractivity contribution in [3.8, 4) is 22.6 Å². The summed E-state index contributed by atoms with van der Waals surface area (Å²) in [6, 6.07) is 9.65. The van der Waals surface area contributed by atoms with Gasteiger partial charge >= 0.3 is 0 Å². The van der Waals surface area contributed by atoms with Gasteiger partial charge in [-0.25, -0.2) is 0 Å².